The van der Waals surface area contributed by atoms with E-state index in [4.69, 9.17) is 4.74 Å². The van der Waals surface area contributed by atoms with Gasteiger partial charge < -0.3 is 4.74 Å². The fraction of sp³-hybridized carbons (Fsp3) is 0.727. The van der Waals surface area contributed by atoms with Gasteiger partial charge in [0.25, 0.3) is 0 Å². The zero-order valence-corrected chi connectivity index (χ0v) is 15.7. The normalized spacial score (nSPS) is 45.2. The Bertz CT molecular complexity index is 699. The van der Waals surface area contributed by atoms with E-state index in [-0.39, 0.29) is 22.9 Å². The molecule has 0 spiro atoms. The molecule has 134 valence electrons. The number of hydrogen-bond acceptors (Lipinski definition) is 3. The van der Waals surface area contributed by atoms with E-state index in [0.717, 1.165) is 50.0 Å². The van der Waals surface area contributed by atoms with Crippen LogP contribution in [-0.2, 0) is 9.53 Å². The van der Waals surface area contributed by atoms with Crippen molar-refractivity contribution in [3.63, 3.8) is 0 Å². The van der Waals surface area contributed by atoms with Gasteiger partial charge in [-0.25, -0.2) is 0 Å². The first kappa shape index (κ1) is 16.9. The number of nitriles is 1. The largest absolute Gasteiger partial charge is 0.462 e. The minimum absolute atomic E-state index is 0.0700. The number of fused-ring (bicyclic) bond motifs is 5. The van der Waals surface area contributed by atoms with Gasteiger partial charge in [-0.3, -0.25) is 4.79 Å². The van der Waals surface area contributed by atoms with E-state index in [2.05, 4.69) is 32.1 Å². The molecular formula is C22H29NO2. The van der Waals surface area contributed by atoms with Gasteiger partial charge in [0, 0.05) is 24.3 Å². The molecule has 4 rings (SSSR count). The SMILES string of the molecule is CC(=O)O[C@@H]1CC[C@@]2(C)C(=CC[C@H]3[C@H]4CC=C(C#N)[C@]4(C)CC[C@H]32)C1. The van der Waals surface area contributed by atoms with Crippen LogP contribution in [0.25, 0.3) is 0 Å². The zero-order valence-electron chi connectivity index (χ0n) is 15.7. The average molecular weight is 339 g/mol. The van der Waals surface area contributed by atoms with Crippen molar-refractivity contribution in [1.29, 1.82) is 5.26 Å². The van der Waals surface area contributed by atoms with E-state index in [1.165, 1.54) is 18.9 Å². The molecule has 0 radical (unpaired) electrons. The summed E-state index contributed by atoms with van der Waals surface area (Å²) in [6.07, 6.45) is 12.4. The Morgan fingerprint density at radius 2 is 1.92 bits per heavy atom. The molecule has 0 aromatic heterocycles. The minimum Gasteiger partial charge on any atom is -0.462 e. The van der Waals surface area contributed by atoms with Crippen LogP contribution < -0.4 is 0 Å². The quantitative estimate of drug-likeness (QED) is 0.502. The lowest BCUT2D eigenvalue weighted by Crippen LogP contribution is -2.50. The van der Waals surface area contributed by atoms with E-state index in [9.17, 15) is 10.1 Å². The van der Waals surface area contributed by atoms with E-state index in [1.54, 1.807) is 0 Å². The first-order valence-corrected chi connectivity index (χ1v) is 9.86. The highest BCUT2D eigenvalue weighted by Crippen LogP contribution is 2.64. The number of hydrogen-bond donors (Lipinski definition) is 0. The molecule has 0 unspecified atom stereocenters. The third-order valence-corrected chi connectivity index (χ3v) is 8.09. The van der Waals surface area contributed by atoms with Gasteiger partial charge in [0.15, 0.2) is 0 Å². The van der Waals surface area contributed by atoms with Crippen LogP contribution in [0.4, 0.5) is 0 Å². The van der Waals surface area contributed by atoms with Crippen molar-refractivity contribution in [3.05, 3.63) is 23.3 Å². The van der Waals surface area contributed by atoms with Gasteiger partial charge in [-0.2, -0.15) is 5.26 Å². The van der Waals surface area contributed by atoms with Gasteiger partial charge in [0.05, 0.1) is 6.07 Å². The Labute approximate surface area is 151 Å². The molecule has 25 heavy (non-hydrogen) atoms. The van der Waals surface area contributed by atoms with Gasteiger partial charge in [-0.05, 0) is 61.7 Å². The summed E-state index contributed by atoms with van der Waals surface area (Å²) in [5.41, 5.74) is 2.93. The molecule has 0 saturated heterocycles. The number of nitrogens with zero attached hydrogens (tertiary/aromatic N) is 1. The third-order valence-electron chi connectivity index (χ3n) is 8.09. The average Bonchev–Trinajstić information content (AvgIpc) is 2.91. The molecule has 4 aliphatic carbocycles. The molecule has 0 heterocycles. The molecule has 0 amide bonds. The maximum absolute atomic E-state index is 11.3. The Morgan fingerprint density at radius 1 is 1.16 bits per heavy atom. The number of allylic oxidation sites excluding steroid dienone is 3. The van der Waals surface area contributed by atoms with Crippen LogP contribution in [0.3, 0.4) is 0 Å². The molecule has 0 aromatic carbocycles. The maximum Gasteiger partial charge on any atom is 0.302 e. The number of ether oxygens (including phenoxy) is 1. The van der Waals surface area contributed by atoms with Crippen LogP contribution in [0.2, 0.25) is 0 Å². The molecule has 2 fully saturated rings. The predicted molar refractivity (Wildman–Crippen MR) is 96.3 cm³/mol. The third kappa shape index (κ3) is 2.40. The van der Waals surface area contributed by atoms with Crippen LogP contribution in [-0.4, -0.2) is 12.1 Å². The molecule has 4 aliphatic rings. The summed E-state index contributed by atoms with van der Waals surface area (Å²) in [6, 6.07) is 2.49. The lowest BCUT2D eigenvalue weighted by molar-refractivity contribution is -0.148. The van der Waals surface area contributed by atoms with Crippen molar-refractivity contribution >= 4 is 5.97 Å². The second-order valence-electron chi connectivity index (χ2n) is 9.16. The molecule has 3 heteroatoms. The smallest absolute Gasteiger partial charge is 0.302 e. The summed E-state index contributed by atoms with van der Waals surface area (Å²) in [5.74, 6) is 1.88. The second-order valence-corrected chi connectivity index (χ2v) is 9.16. The maximum atomic E-state index is 11.3. The molecule has 0 N–H and O–H groups in total. The summed E-state index contributed by atoms with van der Waals surface area (Å²) < 4.78 is 5.51. The van der Waals surface area contributed by atoms with Crippen molar-refractivity contribution in [2.24, 2.45) is 28.6 Å². The van der Waals surface area contributed by atoms with Crippen molar-refractivity contribution in [1.82, 2.24) is 0 Å². The van der Waals surface area contributed by atoms with E-state index < -0.39 is 0 Å². The Hall–Kier alpha value is -1.56. The number of carbonyl (C=O) groups is 1. The molecule has 0 bridgehead atoms. The molecule has 6 atom stereocenters. The van der Waals surface area contributed by atoms with Gasteiger partial charge in [-0.15, -0.1) is 0 Å². The van der Waals surface area contributed by atoms with Crippen LogP contribution >= 0.6 is 0 Å². The van der Waals surface area contributed by atoms with Gasteiger partial charge in [-0.1, -0.05) is 31.6 Å². The minimum atomic E-state index is -0.155. The van der Waals surface area contributed by atoms with Crippen molar-refractivity contribution in [2.45, 2.75) is 71.8 Å². The van der Waals surface area contributed by atoms with E-state index in [1.807, 2.05) is 0 Å². The molecular weight excluding hydrogens is 310 g/mol. The van der Waals surface area contributed by atoms with Gasteiger partial charge in [0.2, 0.25) is 0 Å². The van der Waals surface area contributed by atoms with E-state index >= 15 is 0 Å². The Kier molecular flexibility index (Phi) is 3.87. The van der Waals surface area contributed by atoms with Crippen LogP contribution in [0.15, 0.2) is 23.3 Å². The van der Waals surface area contributed by atoms with Crippen molar-refractivity contribution in [3.8, 4) is 6.07 Å². The summed E-state index contributed by atoms with van der Waals surface area (Å²) in [5, 5.41) is 9.53. The summed E-state index contributed by atoms with van der Waals surface area (Å²) in [7, 11) is 0. The van der Waals surface area contributed by atoms with Crippen molar-refractivity contribution in [2.75, 3.05) is 0 Å². The lowest BCUT2D eigenvalue weighted by atomic mass is 9.47. The summed E-state index contributed by atoms with van der Waals surface area (Å²) in [6.45, 7) is 6.30. The number of carbonyl (C=O) groups excluding carboxylic acids is 1. The predicted octanol–water partition coefficient (Wildman–Crippen LogP) is 4.94. The second kappa shape index (κ2) is 5.73. The highest BCUT2D eigenvalue weighted by molar-refractivity contribution is 5.66. The zero-order chi connectivity index (χ0) is 17.8. The van der Waals surface area contributed by atoms with Crippen LogP contribution in [0.5, 0.6) is 0 Å². The molecule has 0 aromatic rings. The fourth-order valence-electron chi connectivity index (χ4n) is 6.70. The van der Waals surface area contributed by atoms with Gasteiger partial charge >= 0.3 is 5.97 Å². The number of rotatable bonds is 1. The first-order chi connectivity index (χ1) is 11.9. The van der Waals surface area contributed by atoms with Crippen LogP contribution in [0, 0.1) is 39.9 Å². The topological polar surface area (TPSA) is 50.1 Å². The summed E-state index contributed by atoms with van der Waals surface area (Å²) >= 11 is 0. The number of esters is 1. The summed E-state index contributed by atoms with van der Waals surface area (Å²) in [4.78, 5) is 11.3. The Balaban J connectivity index is 1.59. The molecule has 0 aliphatic heterocycles. The lowest BCUT2D eigenvalue weighted by Gasteiger charge is -2.57. The highest BCUT2D eigenvalue weighted by Gasteiger charge is 2.56. The van der Waals surface area contributed by atoms with Gasteiger partial charge in [0.1, 0.15) is 6.10 Å². The Morgan fingerprint density at radius 3 is 2.64 bits per heavy atom. The highest BCUT2D eigenvalue weighted by atomic mass is 16.5. The van der Waals surface area contributed by atoms with E-state index in [0.29, 0.717) is 11.8 Å². The molecule has 3 nitrogen and oxygen atoms in total. The van der Waals surface area contributed by atoms with Crippen molar-refractivity contribution < 1.29 is 9.53 Å². The first-order valence-electron chi connectivity index (χ1n) is 9.86. The fourth-order valence-corrected chi connectivity index (χ4v) is 6.70. The molecule has 2 saturated carbocycles. The standard InChI is InChI=1S/C22H29NO2/c1-14(24)25-17-8-10-21(2)15(12-17)4-6-18-19-7-5-16(13-23)22(19,3)11-9-20(18)21/h4-5,17-20H,6-12H2,1-3H3/t17-,18+,19-,20-,21+,22+/m1/s1. The monoisotopic (exact) mass is 339 g/mol. The van der Waals surface area contributed by atoms with Crippen LogP contribution in [0.1, 0.15) is 65.7 Å².